The molecule has 0 aliphatic heterocycles. The van der Waals surface area contributed by atoms with Gasteiger partial charge >= 0.3 is 5.97 Å². The van der Waals surface area contributed by atoms with Gasteiger partial charge < -0.3 is 20.1 Å². The third kappa shape index (κ3) is 21.6. The summed E-state index contributed by atoms with van der Waals surface area (Å²) in [5.41, 5.74) is 0. The molecule has 0 saturated carbocycles. The molecule has 0 spiro atoms. The standard InChI is InChI=1S/C28H58N2O3/c1-4-7-9-11-12-16-20-27(19-15-10-8-5-2)28(32)33-26-18-14-13-17-21-29-22-23-30(6-3)24-25-31/h27,29,31H,4-26H2,1-3H3. The van der Waals surface area contributed by atoms with Crippen LogP contribution in [0.3, 0.4) is 0 Å². The van der Waals surface area contributed by atoms with Gasteiger partial charge in [0.15, 0.2) is 0 Å². The zero-order chi connectivity index (χ0) is 24.4. The molecular formula is C28H58N2O3. The van der Waals surface area contributed by atoms with E-state index in [0.29, 0.717) is 6.61 Å². The number of ether oxygens (including phenoxy) is 1. The predicted octanol–water partition coefficient (Wildman–Crippen LogP) is 6.33. The van der Waals surface area contributed by atoms with Crippen LogP contribution in [0.4, 0.5) is 0 Å². The van der Waals surface area contributed by atoms with Gasteiger partial charge in [-0.25, -0.2) is 0 Å². The van der Waals surface area contributed by atoms with Gasteiger partial charge in [0.2, 0.25) is 0 Å². The van der Waals surface area contributed by atoms with E-state index in [1.54, 1.807) is 0 Å². The number of nitrogens with zero attached hydrogens (tertiary/aromatic N) is 1. The van der Waals surface area contributed by atoms with Gasteiger partial charge in [-0.3, -0.25) is 4.79 Å². The Kier molecular flexibility index (Phi) is 25.5. The molecule has 5 nitrogen and oxygen atoms in total. The van der Waals surface area contributed by atoms with Gasteiger partial charge in [0.1, 0.15) is 0 Å². The van der Waals surface area contributed by atoms with Gasteiger partial charge in [-0.1, -0.05) is 97.8 Å². The van der Waals surface area contributed by atoms with Crippen LogP contribution in [-0.2, 0) is 9.53 Å². The van der Waals surface area contributed by atoms with Gasteiger partial charge in [-0.05, 0) is 38.8 Å². The summed E-state index contributed by atoms with van der Waals surface area (Å²) in [6.45, 7) is 12.2. The van der Waals surface area contributed by atoms with Crippen LogP contribution in [0.1, 0.15) is 124 Å². The fourth-order valence-corrected chi connectivity index (χ4v) is 4.30. The number of esters is 1. The first-order valence-corrected chi connectivity index (χ1v) is 14.4. The quantitative estimate of drug-likeness (QED) is 0.114. The largest absolute Gasteiger partial charge is 0.465 e. The molecule has 0 bridgehead atoms. The molecule has 1 atom stereocenters. The molecule has 0 heterocycles. The van der Waals surface area contributed by atoms with Crippen molar-refractivity contribution >= 4 is 5.97 Å². The lowest BCUT2D eigenvalue weighted by molar-refractivity contribution is -0.149. The van der Waals surface area contributed by atoms with E-state index in [4.69, 9.17) is 9.84 Å². The molecule has 0 aromatic heterocycles. The number of aliphatic hydroxyl groups excluding tert-OH is 1. The van der Waals surface area contributed by atoms with Gasteiger partial charge in [0.25, 0.3) is 0 Å². The van der Waals surface area contributed by atoms with Crippen molar-refractivity contribution < 1.29 is 14.6 Å². The highest BCUT2D eigenvalue weighted by Crippen LogP contribution is 2.20. The first-order chi connectivity index (χ1) is 16.2. The predicted molar refractivity (Wildman–Crippen MR) is 142 cm³/mol. The maximum atomic E-state index is 12.7. The number of carbonyl (C=O) groups excluding carboxylic acids is 1. The summed E-state index contributed by atoms with van der Waals surface area (Å²) < 4.78 is 5.68. The molecule has 198 valence electrons. The van der Waals surface area contributed by atoms with Gasteiger partial charge in [0.05, 0.1) is 19.1 Å². The number of carbonyl (C=O) groups is 1. The second-order valence-electron chi connectivity index (χ2n) is 9.59. The normalized spacial score (nSPS) is 12.4. The highest BCUT2D eigenvalue weighted by Gasteiger charge is 2.19. The smallest absolute Gasteiger partial charge is 0.308 e. The molecule has 0 fully saturated rings. The molecule has 0 radical (unpaired) electrons. The van der Waals surface area contributed by atoms with E-state index in [1.807, 2.05) is 0 Å². The van der Waals surface area contributed by atoms with E-state index in [0.717, 1.165) is 71.2 Å². The maximum Gasteiger partial charge on any atom is 0.308 e. The number of rotatable bonds is 26. The van der Waals surface area contributed by atoms with E-state index in [2.05, 4.69) is 31.0 Å². The third-order valence-electron chi connectivity index (χ3n) is 6.61. The van der Waals surface area contributed by atoms with Crippen molar-refractivity contribution in [2.45, 2.75) is 124 Å². The van der Waals surface area contributed by atoms with Crippen molar-refractivity contribution in [1.29, 1.82) is 0 Å². The molecule has 5 heteroatoms. The van der Waals surface area contributed by atoms with Gasteiger partial charge in [-0.2, -0.15) is 0 Å². The summed E-state index contributed by atoms with van der Waals surface area (Å²) in [5.74, 6) is 0.177. The Balaban J connectivity index is 3.86. The highest BCUT2D eigenvalue weighted by atomic mass is 16.5. The monoisotopic (exact) mass is 470 g/mol. The SMILES string of the molecule is CCCCCCCCC(CCCCCC)C(=O)OCCCCCCNCCN(CC)CCO. The molecule has 0 aliphatic carbocycles. The summed E-state index contributed by atoms with van der Waals surface area (Å²) in [4.78, 5) is 14.9. The van der Waals surface area contributed by atoms with Crippen LogP contribution in [0.15, 0.2) is 0 Å². The number of likely N-dealkylation sites (N-methyl/N-ethyl adjacent to an activating group) is 1. The Bertz CT molecular complexity index is 407. The van der Waals surface area contributed by atoms with Crippen molar-refractivity contribution in [1.82, 2.24) is 10.2 Å². The minimum Gasteiger partial charge on any atom is -0.465 e. The fourth-order valence-electron chi connectivity index (χ4n) is 4.30. The summed E-state index contributed by atoms with van der Waals surface area (Å²) >= 11 is 0. The molecule has 1 unspecified atom stereocenters. The number of aliphatic hydroxyl groups is 1. The van der Waals surface area contributed by atoms with Crippen molar-refractivity contribution in [3.8, 4) is 0 Å². The molecule has 33 heavy (non-hydrogen) atoms. The van der Waals surface area contributed by atoms with E-state index < -0.39 is 0 Å². The van der Waals surface area contributed by atoms with Crippen LogP contribution < -0.4 is 5.32 Å². The van der Waals surface area contributed by atoms with Crippen LogP contribution >= 0.6 is 0 Å². The van der Waals surface area contributed by atoms with Crippen LogP contribution in [-0.4, -0.2) is 61.9 Å². The van der Waals surface area contributed by atoms with Crippen LogP contribution in [0.2, 0.25) is 0 Å². The van der Waals surface area contributed by atoms with Crippen LogP contribution in [0.25, 0.3) is 0 Å². The Hall–Kier alpha value is -0.650. The lowest BCUT2D eigenvalue weighted by Gasteiger charge is -2.19. The summed E-state index contributed by atoms with van der Waals surface area (Å²) in [5, 5.41) is 12.5. The minimum atomic E-state index is 0.0603. The number of hydrogen-bond acceptors (Lipinski definition) is 5. The summed E-state index contributed by atoms with van der Waals surface area (Å²) in [6.07, 6.45) is 19.0. The Morgan fingerprint density at radius 3 is 1.97 bits per heavy atom. The van der Waals surface area contributed by atoms with Crippen LogP contribution in [0.5, 0.6) is 0 Å². The third-order valence-corrected chi connectivity index (χ3v) is 6.61. The average molecular weight is 471 g/mol. The van der Waals surface area contributed by atoms with Crippen molar-refractivity contribution in [2.24, 2.45) is 5.92 Å². The fraction of sp³-hybridized carbons (Fsp3) is 0.964. The molecule has 2 N–H and O–H groups in total. The van der Waals surface area contributed by atoms with Gasteiger partial charge in [-0.15, -0.1) is 0 Å². The zero-order valence-corrected chi connectivity index (χ0v) is 22.6. The Morgan fingerprint density at radius 1 is 0.758 bits per heavy atom. The molecule has 0 amide bonds. The van der Waals surface area contributed by atoms with Crippen molar-refractivity contribution in [2.75, 3.05) is 45.9 Å². The lowest BCUT2D eigenvalue weighted by atomic mass is 9.94. The minimum absolute atomic E-state index is 0.0603. The molecule has 0 rings (SSSR count). The molecule has 0 saturated heterocycles. The van der Waals surface area contributed by atoms with Crippen molar-refractivity contribution in [3.63, 3.8) is 0 Å². The maximum absolute atomic E-state index is 12.7. The first kappa shape index (κ1) is 32.4. The van der Waals surface area contributed by atoms with E-state index in [9.17, 15) is 4.79 Å². The number of nitrogens with one attached hydrogen (secondary N) is 1. The molecular weight excluding hydrogens is 412 g/mol. The summed E-state index contributed by atoms with van der Waals surface area (Å²) in [7, 11) is 0. The number of hydrogen-bond donors (Lipinski definition) is 2. The topological polar surface area (TPSA) is 61.8 Å². The second kappa shape index (κ2) is 26.0. The number of unbranched alkanes of at least 4 members (excludes halogenated alkanes) is 11. The highest BCUT2D eigenvalue weighted by molar-refractivity contribution is 5.72. The first-order valence-electron chi connectivity index (χ1n) is 14.4. The zero-order valence-electron chi connectivity index (χ0n) is 22.6. The average Bonchev–Trinajstić information content (AvgIpc) is 2.82. The second-order valence-corrected chi connectivity index (χ2v) is 9.59. The van der Waals surface area contributed by atoms with E-state index in [-0.39, 0.29) is 18.5 Å². The van der Waals surface area contributed by atoms with Gasteiger partial charge in [0, 0.05) is 19.6 Å². The van der Waals surface area contributed by atoms with E-state index >= 15 is 0 Å². The Morgan fingerprint density at radius 2 is 1.33 bits per heavy atom. The Labute approximate surface area is 206 Å². The van der Waals surface area contributed by atoms with Crippen LogP contribution in [0, 0.1) is 5.92 Å². The molecule has 0 aromatic rings. The lowest BCUT2D eigenvalue weighted by Crippen LogP contribution is -2.34. The van der Waals surface area contributed by atoms with Crippen molar-refractivity contribution in [3.05, 3.63) is 0 Å². The molecule has 0 aromatic carbocycles. The van der Waals surface area contributed by atoms with E-state index in [1.165, 1.54) is 64.2 Å². The summed E-state index contributed by atoms with van der Waals surface area (Å²) in [6, 6.07) is 0. The molecule has 0 aliphatic rings.